The molecular formula is C22H22O8S. The predicted molar refractivity (Wildman–Crippen MR) is 109 cm³/mol. The van der Waals surface area contributed by atoms with Crippen molar-refractivity contribution in [1.82, 2.24) is 0 Å². The van der Waals surface area contributed by atoms with Crippen LogP contribution in [0, 0.1) is 13.8 Å². The summed E-state index contributed by atoms with van der Waals surface area (Å²) in [7, 11) is -2.25. The second-order valence-electron chi connectivity index (χ2n) is 7.49. The van der Waals surface area contributed by atoms with E-state index in [0.29, 0.717) is 35.5 Å². The summed E-state index contributed by atoms with van der Waals surface area (Å²) in [4.78, 5) is 24.7. The van der Waals surface area contributed by atoms with Gasteiger partial charge in [-0.3, -0.25) is 0 Å². The van der Waals surface area contributed by atoms with Gasteiger partial charge in [0.15, 0.2) is 15.6 Å². The van der Waals surface area contributed by atoms with Gasteiger partial charge in [-0.2, -0.15) is 0 Å². The highest BCUT2D eigenvalue weighted by Crippen LogP contribution is 2.46. The summed E-state index contributed by atoms with van der Waals surface area (Å²) >= 11 is 0. The molecule has 31 heavy (non-hydrogen) atoms. The molecule has 0 aliphatic carbocycles. The molecule has 0 radical (unpaired) electrons. The molecule has 1 saturated heterocycles. The number of ether oxygens (including phenoxy) is 4. The van der Waals surface area contributed by atoms with E-state index >= 15 is 0 Å². The van der Waals surface area contributed by atoms with Crippen LogP contribution in [0.25, 0.3) is 0 Å². The van der Waals surface area contributed by atoms with Gasteiger partial charge < -0.3 is 18.9 Å². The summed E-state index contributed by atoms with van der Waals surface area (Å²) < 4.78 is 47.4. The molecule has 2 heterocycles. The summed E-state index contributed by atoms with van der Waals surface area (Å²) in [5, 5.41) is 0. The molecule has 0 bridgehead atoms. The Kier molecular flexibility index (Phi) is 5.36. The molecule has 164 valence electrons. The molecule has 0 amide bonds. The molecular weight excluding hydrogens is 424 g/mol. The van der Waals surface area contributed by atoms with Crippen molar-refractivity contribution in [2.75, 3.05) is 26.1 Å². The lowest BCUT2D eigenvalue weighted by molar-refractivity contribution is -0.170. The average molecular weight is 446 g/mol. The minimum atomic E-state index is -3.53. The summed E-state index contributed by atoms with van der Waals surface area (Å²) in [6.07, 6.45) is 0.163. The van der Waals surface area contributed by atoms with E-state index in [1.807, 2.05) is 0 Å². The lowest BCUT2D eigenvalue weighted by atomic mass is 9.91. The fraction of sp³-hybridized carbons (Fsp3) is 0.364. The molecule has 1 fully saturated rings. The Hall–Kier alpha value is -2.75. The van der Waals surface area contributed by atoms with E-state index in [0.717, 1.165) is 0 Å². The lowest BCUT2D eigenvalue weighted by Crippen LogP contribution is -2.38. The standard InChI is InChI=1S/C22H22O8S/c1-13-12-17(21(24)30-16-6-4-15(5-7-16)20(23)27-3)14(2)18-19(13)31(25,26)11-8-22(18)28-9-10-29-22/h4-7,12H,8-11H2,1-3H3. The first-order chi connectivity index (χ1) is 14.7. The predicted octanol–water partition coefficient (Wildman–Crippen LogP) is 2.69. The zero-order valence-electron chi connectivity index (χ0n) is 17.4. The van der Waals surface area contributed by atoms with Crippen LogP contribution in [0.5, 0.6) is 5.75 Å². The Morgan fingerprint density at radius 2 is 1.68 bits per heavy atom. The van der Waals surface area contributed by atoms with Crippen LogP contribution in [-0.2, 0) is 29.8 Å². The highest BCUT2D eigenvalue weighted by atomic mass is 32.2. The van der Waals surface area contributed by atoms with Crippen LogP contribution in [-0.4, -0.2) is 46.4 Å². The molecule has 0 N–H and O–H groups in total. The van der Waals surface area contributed by atoms with Crippen molar-refractivity contribution in [3.05, 3.63) is 58.1 Å². The van der Waals surface area contributed by atoms with Gasteiger partial charge in [-0.25, -0.2) is 18.0 Å². The van der Waals surface area contributed by atoms with Crippen molar-refractivity contribution in [2.24, 2.45) is 0 Å². The van der Waals surface area contributed by atoms with Gasteiger partial charge >= 0.3 is 11.9 Å². The molecule has 1 spiro atoms. The topological polar surface area (TPSA) is 105 Å². The van der Waals surface area contributed by atoms with Crippen molar-refractivity contribution in [3.8, 4) is 5.75 Å². The number of methoxy groups -OCH3 is 1. The van der Waals surface area contributed by atoms with Crippen LogP contribution in [0.3, 0.4) is 0 Å². The number of esters is 2. The van der Waals surface area contributed by atoms with E-state index in [4.69, 9.17) is 14.2 Å². The number of rotatable bonds is 3. The van der Waals surface area contributed by atoms with E-state index in [2.05, 4.69) is 4.74 Å². The van der Waals surface area contributed by atoms with Gasteiger partial charge in [-0.05, 0) is 55.3 Å². The molecule has 2 aromatic carbocycles. The van der Waals surface area contributed by atoms with Gasteiger partial charge in [0.25, 0.3) is 0 Å². The smallest absolute Gasteiger partial charge is 0.343 e. The number of fused-ring (bicyclic) bond motifs is 2. The van der Waals surface area contributed by atoms with Gasteiger partial charge in [0.2, 0.25) is 0 Å². The molecule has 8 nitrogen and oxygen atoms in total. The highest BCUT2D eigenvalue weighted by molar-refractivity contribution is 7.91. The quantitative estimate of drug-likeness (QED) is 0.524. The third-order valence-corrected chi connectivity index (χ3v) is 7.47. The van der Waals surface area contributed by atoms with Crippen molar-refractivity contribution in [1.29, 1.82) is 0 Å². The number of carbonyl (C=O) groups excluding carboxylic acids is 2. The molecule has 0 unspecified atom stereocenters. The number of aryl methyl sites for hydroxylation is 1. The fourth-order valence-corrected chi connectivity index (χ4v) is 6.05. The van der Waals surface area contributed by atoms with Crippen molar-refractivity contribution in [3.63, 3.8) is 0 Å². The highest BCUT2D eigenvalue weighted by Gasteiger charge is 2.49. The SMILES string of the molecule is COC(=O)c1ccc(OC(=O)c2cc(C)c3c(c2C)C2(CCS3(=O)=O)OCCO2)cc1. The van der Waals surface area contributed by atoms with E-state index in [-0.39, 0.29) is 28.4 Å². The summed E-state index contributed by atoms with van der Waals surface area (Å²) in [5.41, 5.74) is 1.81. The fourth-order valence-electron chi connectivity index (χ4n) is 4.14. The minimum absolute atomic E-state index is 0.0867. The van der Waals surface area contributed by atoms with Gasteiger partial charge in [-0.15, -0.1) is 0 Å². The number of hydrogen-bond acceptors (Lipinski definition) is 8. The Morgan fingerprint density at radius 3 is 2.29 bits per heavy atom. The van der Waals surface area contributed by atoms with Gasteiger partial charge in [-0.1, -0.05) is 0 Å². The minimum Gasteiger partial charge on any atom is -0.465 e. The van der Waals surface area contributed by atoms with E-state index in [1.54, 1.807) is 13.8 Å². The second kappa shape index (κ2) is 7.74. The Labute approximate surface area is 180 Å². The van der Waals surface area contributed by atoms with Crippen molar-refractivity contribution < 1.29 is 37.0 Å². The summed E-state index contributed by atoms with van der Waals surface area (Å²) in [6.45, 7) is 4.01. The first kappa shape index (κ1) is 21.5. The molecule has 0 aromatic heterocycles. The number of carbonyl (C=O) groups is 2. The van der Waals surface area contributed by atoms with E-state index < -0.39 is 27.6 Å². The maximum atomic E-state index is 13.0. The molecule has 0 atom stereocenters. The lowest BCUT2D eigenvalue weighted by Gasteiger charge is -2.36. The van der Waals surface area contributed by atoms with Gasteiger partial charge in [0.05, 0.1) is 42.1 Å². The molecule has 2 aromatic rings. The zero-order valence-corrected chi connectivity index (χ0v) is 18.2. The van der Waals surface area contributed by atoms with Crippen LogP contribution < -0.4 is 4.74 Å². The van der Waals surface area contributed by atoms with Crippen LogP contribution in [0.4, 0.5) is 0 Å². The first-order valence-corrected chi connectivity index (χ1v) is 11.4. The van der Waals surface area contributed by atoms with Crippen molar-refractivity contribution in [2.45, 2.75) is 31.0 Å². The first-order valence-electron chi connectivity index (χ1n) is 9.74. The number of benzene rings is 2. The van der Waals surface area contributed by atoms with Gasteiger partial charge in [0.1, 0.15) is 5.75 Å². The third kappa shape index (κ3) is 3.62. The maximum Gasteiger partial charge on any atom is 0.343 e. The number of sulfone groups is 1. The van der Waals surface area contributed by atoms with Crippen LogP contribution in [0.2, 0.25) is 0 Å². The molecule has 4 rings (SSSR count). The Bertz CT molecular complexity index is 1160. The van der Waals surface area contributed by atoms with E-state index in [9.17, 15) is 18.0 Å². The molecule has 2 aliphatic heterocycles. The average Bonchev–Trinajstić information content (AvgIpc) is 3.22. The largest absolute Gasteiger partial charge is 0.465 e. The molecule has 9 heteroatoms. The summed E-state index contributed by atoms with van der Waals surface area (Å²) in [5.74, 6) is -2.17. The monoisotopic (exact) mass is 446 g/mol. The second-order valence-corrected chi connectivity index (χ2v) is 9.54. The van der Waals surface area contributed by atoms with Gasteiger partial charge in [0, 0.05) is 12.0 Å². The van der Waals surface area contributed by atoms with Crippen LogP contribution in [0.15, 0.2) is 35.2 Å². The Balaban J connectivity index is 1.74. The normalized spacial score (nSPS) is 18.4. The summed E-state index contributed by atoms with van der Waals surface area (Å²) in [6, 6.07) is 7.47. The number of hydrogen-bond donors (Lipinski definition) is 0. The third-order valence-electron chi connectivity index (χ3n) is 5.58. The zero-order chi connectivity index (χ0) is 22.4. The van der Waals surface area contributed by atoms with Crippen LogP contribution in [0.1, 0.15) is 43.8 Å². The maximum absolute atomic E-state index is 13.0. The van der Waals surface area contributed by atoms with Crippen molar-refractivity contribution >= 4 is 21.8 Å². The van der Waals surface area contributed by atoms with E-state index in [1.165, 1.54) is 37.4 Å². The van der Waals surface area contributed by atoms with Crippen LogP contribution >= 0.6 is 0 Å². The Morgan fingerprint density at radius 1 is 1.03 bits per heavy atom. The molecule has 2 aliphatic rings. The molecule has 0 saturated carbocycles.